The zero-order chi connectivity index (χ0) is 13.9. The molecule has 0 radical (unpaired) electrons. The lowest BCUT2D eigenvalue weighted by Gasteiger charge is -2.13. The van der Waals surface area contributed by atoms with Crippen molar-refractivity contribution < 1.29 is 28.5 Å². The number of benzene rings is 1. The molecule has 1 unspecified atom stereocenters. The van der Waals surface area contributed by atoms with Gasteiger partial charge in [0, 0.05) is 0 Å². The van der Waals surface area contributed by atoms with Gasteiger partial charge in [0.05, 0.1) is 0 Å². The fraction of sp³-hybridized carbons (Fsp3) is 0.222. The summed E-state index contributed by atoms with van der Waals surface area (Å²) in [7, 11) is -4.15. The minimum Gasteiger partial charge on any atom is -0.504 e. The lowest BCUT2D eigenvalue weighted by molar-refractivity contribution is -0.138. The van der Waals surface area contributed by atoms with Crippen LogP contribution in [0, 0.1) is 0 Å². The molecule has 0 bridgehead atoms. The second-order valence-electron chi connectivity index (χ2n) is 3.58. The average molecular weight is 276 g/mol. The van der Waals surface area contributed by atoms with Crippen LogP contribution in [-0.4, -0.2) is 35.7 Å². The van der Waals surface area contributed by atoms with Crippen molar-refractivity contribution >= 4 is 16.2 Å². The van der Waals surface area contributed by atoms with Crippen molar-refractivity contribution in [2.24, 2.45) is 5.14 Å². The number of phenols is 2. The van der Waals surface area contributed by atoms with Crippen LogP contribution in [0.15, 0.2) is 18.2 Å². The third-order valence-corrected chi connectivity index (χ3v) is 2.70. The topological polar surface area (TPSA) is 150 Å². The number of nitrogens with one attached hydrogen (secondary N) is 1. The van der Waals surface area contributed by atoms with E-state index in [-0.39, 0.29) is 12.2 Å². The lowest BCUT2D eigenvalue weighted by atomic mass is 10.1. The molecule has 0 saturated carbocycles. The van der Waals surface area contributed by atoms with Gasteiger partial charge in [-0.1, -0.05) is 6.07 Å². The molecule has 0 amide bonds. The molecular weight excluding hydrogens is 264 g/mol. The number of hydrogen-bond donors (Lipinski definition) is 5. The molecule has 1 atom stereocenters. The van der Waals surface area contributed by atoms with Crippen LogP contribution in [-0.2, 0) is 21.4 Å². The second kappa shape index (κ2) is 5.21. The first-order chi connectivity index (χ1) is 8.19. The summed E-state index contributed by atoms with van der Waals surface area (Å²) in [4.78, 5) is 10.8. The molecule has 0 aromatic heterocycles. The Morgan fingerprint density at radius 1 is 1.33 bits per heavy atom. The lowest BCUT2D eigenvalue weighted by Crippen LogP contribution is -2.45. The summed E-state index contributed by atoms with van der Waals surface area (Å²) < 4.78 is 23.3. The Labute approximate surface area is 103 Å². The zero-order valence-electron chi connectivity index (χ0n) is 9.07. The maximum atomic E-state index is 10.8. The highest BCUT2D eigenvalue weighted by Crippen LogP contribution is 2.25. The second-order valence-corrected chi connectivity index (χ2v) is 4.91. The summed E-state index contributed by atoms with van der Waals surface area (Å²) in [5.74, 6) is -2.19. The minimum atomic E-state index is -4.15. The van der Waals surface area contributed by atoms with Crippen molar-refractivity contribution in [3.05, 3.63) is 23.8 Å². The van der Waals surface area contributed by atoms with E-state index in [0.29, 0.717) is 5.56 Å². The maximum Gasteiger partial charge on any atom is 0.322 e. The molecule has 0 heterocycles. The van der Waals surface area contributed by atoms with Crippen LogP contribution in [0.5, 0.6) is 11.5 Å². The SMILES string of the molecule is NS(=O)(=O)NC(Cc1ccc(O)c(O)c1)C(=O)O. The molecule has 1 rings (SSSR count). The van der Waals surface area contributed by atoms with Crippen LogP contribution >= 0.6 is 0 Å². The Morgan fingerprint density at radius 2 is 1.94 bits per heavy atom. The number of aliphatic carboxylic acids is 1. The van der Waals surface area contributed by atoms with E-state index in [0.717, 1.165) is 6.07 Å². The van der Waals surface area contributed by atoms with Crippen molar-refractivity contribution in [2.75, 3.05) is 0 Å². The molecule has 0 fully saturated rings. The van der Waals surface area contributed by atoms with Crippen LogP contribution in [0.3, 0.4) is 0 Å². The van der Waals surface area contributed by atoms with Crippen LogP contribution in [0.2, 0.25) is 0 Å². The molecule has 9 heteroatoms. The van der Waals surface area contributed by atoms with Gasteiger partial charge in [-0.3, -0.25) is 4.79 Å². The van der Waals surface area contributed by atoms with E-state index >= 15 is 0 Å². The normalized spacial score (nSPS) is 13.2. The molecule has 1 aromatic carbocycles. The molecule has 8 nitrogen and oxygen atoms in total. The predicted octanol–water partition coefficient (Wildman–Crippen LogP) is -1.11. The van der Waals surface area contributed by atoms with Crippen LogP contribution in [0.4, 0.5) is 0 Å². The molecular formula is C9H12N2O6S. The highest BCUT2D eigenvalue weighted by Gasteiger charge is 2.22. The van der Waals surface area contributed by atoms with E-state index in [9.17, 15) is 18.3 Å². The molecule has 6 N–H and O–H groups in total. The first kappa shape index (κ1) is 14.2. The Hall–Kier alpha value is -1.84. The first-order valence-electron chi connectivity index (χ1n) is 4.73. The summed E-state index contributed by atoms with van der Waals surface area (Å²) in [6.45, 7) is 0. The smallest absolute Gasteiger partial charge is 0.322 e. The number of hydrogen-bond acceptors (Lipinski definition) is 5. The van der Waals surface area contributed by atoms with Gasteiger partial charge in [-0.15, -0.1) is 0 Å². The van der Waals surface area contributed by atoms with Gasteiger partial charge < -0.3 is 15.3 Å². The van der Waals surface area contributed by atoms with Crippen molar-refractivity contribution in [3.63, 3.8) is 0 Å². The minimum absolute atomic E-state index is 0.223. The van der Waals surface area contributed by atoms with Crippen LogP contribution < -0.4 is 9.86 Å². The summed E-state index contributed by atoms with van der Waals surface area (Å²) in [5.41, 5.74) is 0.328. The van der Waals surface area contributed by atoms with Gasteiger partial charge in [0.15, 0.2) is 11.5 Å². The van der Waals surface area contributed by atoms with E-state index in [1.807, 2.05) is 0 Å². The van der Waals surface area contributed by atoms with Crippen molar-refractivity contribution in [1.82, 2.24) is 4.72 Å². The molecule has 0 aliphatic heterocycles. The summed E-state index contributed by atoms with van der Waals surface area (Å²) in [5, 5.41) is 31.8. The predicted molar refractivity (Wildman–Crippen MR) is 61.1 cm³/mol. The number of carboxylic acids is 1. The fourth-order valence-corrected chi connectivity index (χ4v) is 1.89. The molecule has 100 valence electrons. The number of carbonyl (C=O) groups is 1. The van der Waals surface area contributed by atoms with Crippen LogP contribution in [0.25, 0.3) is 0 Å². The monoisotopic (exact) mass is 276 g/mol. The first-order valence-corrected chi connectivity index (χ1v) is 6.27. The summed E-state index contributed by atoms with van der Waals surface area (Å²) in [6, 6.07) is 2.20. The summed E-state index contributed by atoms with van der Waals surface area (Å²) >= 11 is 0. The van der Waals surface area contributed by atoms with Gasteiger partial charge >= 0.3 is 5.97 Å². The van der Waals surface area contributed by atoms with Gasteiger partial charge in [0.1, 0.15) is 6.04 Å². The number of carboxylic acid groups (broad SMARTS) is 1. The molecule has 0 aliphatic rings. The largest absolute Gasteiger partial charge is 0.504 e. The molecule has 18 heavy (non-hydrogen) atoms. The van der Waals surface area contributed by atoms with Gasteiger partial charge in [-0.2, -0.15) is 13.1 Å². The third kappa shape index (κ3) is 4.20. The number of aromatic hydroxyl groups is 2. The number of phenolic OH excluding ortho intramolecular Hbond substituents is 2. The zero-order valence-corrected chi connectivity index (χ0v) is 9.88. The van der Waals surface area contributed by atoms with E-state index in [2.05, 4.69) is 0 Å². The average Bonchev–Trinajstić information content (AvgIpc) is 2.20. The molecule has 0 spiro atoms. The van der Waals surface area contributed by atoms with Crippen LogP contribution in [0.1, 0.15) is 5.56 Å². The molecule has 0 aliphatic carbocycles. The van der Waals surface area contributed by atoms with E-state index in [1.165, 1.54) is 12.1 Å². The number of rotatable bonds is 5. The maximum absolute atomic E-state index is 10.8. The molecule has 0 saturated heterocycles. The Kier molecular flexibility index (Phi) is 4.11. The van der Waals surface area contributed by atoms with Gasteiger partial charge in [0.2, 0.25) is 0 Å². The third-order valence-electron chi connectivity index (χ3n) is 2.08. The van der Waals surface area contributed by atoms with Crippen molar-refractivity contribution in [3.8, 4) is 11.5 Å². The van der Waals surface area contributed by atoms with Gasteiger partial charge in [-0.05, 0) is 24.1 Å². The quantitative estimate of drug-likeness (QED) is 0.430. The Balaban J connectivity index is 2.90. The van der Waals surface area contributed by atoms with Crippen molar-refractivity contribution in [1.29, 1.82) is 0 Å². The highest BCUT2D eigenvalue weighted by molar-refractivity contribution is 7.87. The standard InChI is InChI=1S/C9H12N2O6S/c10-18(16,17)11-6(9(14)15)3-5-1-2-7(12)8(13)4-5/h1-2,4,6,11-13H,3H2,(H,14,15)(H2,10,16,17). The van der Waals surface area contributed by atoms with E-state index < -0.39 is 28.0 Å². The van der Waals surface area contributed by atoms with Crippen molar-refractivity contribution in [2.45, 2.75) is 12.5 Å². The van der Waals surface area contributed by atoms with E-state index in [4.69, 9.17) is 15.4 Å². The Bertz CT molecular complexity index is 556. The number of nitrogens with two attached hydrogens (primary N) is 1. The molecule has 1 aromatic rings. The summed E-state index contributed by atoms with van der Waals surface area (Å²) in [6.07, 6.45) is -0.223. The van der Waals surface area contributed by atoms with Gasteiger partial charge in [-0.25, -0.2) is 5.14 Å². The fourth-order valence-electron chi connectivity index (χ4n) is 1.31. The highest BCUT2D eigenvalue weighted by atomic mass is 32.2. The van der Waals surface area contributed by atoms with Gasteiger partial charge in [0.25, 0.3) is 10.2 Å². The Morgan fingerprint density at radius 3 is 2.39 bits per heavy atom. The van der Waals surface area contributed by atoms with E-state index in [1.54, 1.807) is 4.72 Å².